The van der Waals surface area contributed by atoms with Gasteiger partial charge in [0.25, 0.3) is 0 Å². The van der Waals surface area contributed by atoms with Crippen molar-refractivity contribution in [3.63, 3.8) is 0 Å². The van der Waals surface area contributed by atoms with Crippen molar-refractivity contribution in [3.8, 4) is 6.07 Å². The quantitative estimate of drug-likeness (QED) is 0.914. The van der Waals surface area contributed by atoms with Gasteiger partial charge in [-0.15, -0.1) is 0 Å². The first-order chi connectivity index (χ1) is 9.61. The number of piperidine rings is 1. The molecular formula is C17H25N3. The molecule has 0 saturated carbocycles. The van der Waals surface area contributed by atoms with Crippen LogP contribution in [0.2, 0.25) is 0 Å². The van der Waals surface area contributed by atoms with Crippen LogP contribution in [-0.2, 0) is 0 Å². The smallest absolute Gasteiger partial charge is 0.101 e. The molecule has 1 aliphatic rings. The number of rotatable bonds is 4. The molecule has 3 heteroatoms. The van der Waals surface area contributed by atoms with Crippen molar-refractivity contribution >= 4 is 5.69 Å². The molecule has 0 unspecified atom stereocenters. The molecule has 0 amide bonds. The Bertz CT molecular complexity index is 481. The molecule has 1 aromatic rings. The van der Waals surface area contributed by atoms with Gasteiger partial charge in [-0.05, 0) is 70.3 Å². The highest BCUT2D eigenvalue weighted by molar-refractivity contribution is 5.61. The van der Waals surface area contributed by atoms with E-state index in [0.717, 1.165) is 42.4 Å². The van der Waals surface area contributed by atoms with Crippen LogP contribution in [0, 0.1) is 24.2 Å². The topological polar surface area (TPSA) is 39.1 Å². The van der Waals surface area contributed by atoms with Gasteiger partial charge in [-0.1, -0.05) is 6.07 Å². The summed E-state index contributed by atoms with van der Waals surface area (Å²) in [6.45, 7) is 9.75. The summed E-state index contributed by atoms with van der Waals surface area (Å²) in [5.74, 6) is 0.728. The molecule has 1 aliphatic heterocycles. The predicted octanol–water partition coefficient (Wildman–Crippen LogP) is 3.08. The Kier molecular flexibility index (Phi) is 5.03. The summed E-state index contributed by atoms with van der Waals surface area (Å²) in [6.07, 6.45) is 2.47. The molecule has 0 spiro atoms. The number of nitrogens with one attached hydrogen (secondary N) is 1. The second-order valence-electron chi connectivity index (χ2n) is 6.07. The molecule has 1 saturated heterocycles. The van der Waals surface area contributed by atoms with Crippen LogP contribution in [-0.4, -0.2) is 25.7 Å². The SMILES string of the molecule is Cc1ccc(N(CC2CCNCC2)C(C)C)c(C#N)c1. The fourth-order valence-electron chi connectivity index (χ4n) is 2.92. The van der Waals surface area contributed by atoms with Crippen LogP contribution in [0.4, 0.5) is 5.69 Å². The summed E-state index contributed by atoms with van der Waals surface area (Å²) >= 11 is 0. The molecule has 2 rings (SSSR count). The van der Waals surface area contributed by atoms with Gasteiger partial charge in [-0.2, -0.15) is 5.26 Å². The highest BCUT2D eigenvalue weighted by Gasteiger charge is 2.21. The third-order valence-electron chi connectivity index (χ3n) is 4.12. The van der Waals surface area contributed by atoms with Crippen LogP contribution < -0.4 is 10.2 Å². The lowest BCUT2D eigenvalue weighted by molar-refractivity contribution is 0.367. The Labute approximate surface area is 122 Å². The van der Waals surface area contributed by atoms with E-state index in [0.29, 0.717) is 6.04 Å². The monoisotopic (exact) mass is 271 g/mol. The molecule has 1 fully saturated rings. The Morgan fingerprint density at radius 3 is 2.65 bits per heavy atom. The minimum Gasteiger partial charge on any atom is -0.368 e. The van der Waals surface area contributed by atoms with E-state index >= 15 is 0 Å². The first-order valence-electron chi connectivity index (χ1n) is 7.60. The van der Waals surface area contributed by atoms with Crippen molar-refractivity contribution in [3.05, 3.63) is 29.3 Å². The highest BCUT2D eigenvalue weighted by Crippen LogP contribution is 2.26. The van der Waals surface area contributed by atoms with Gasteiger partial charge in [0.1, 0.15) is 6.07 Å². The lowest BCUT2D eigenvalue weighted by atomic mass is 9.96. The number of anilines is 1. The van der Waals surface area contributed by atoms with Gasteiger partial charge in [0, 0.05) is 12.6 Å². The summed E-state index contributed by atoms with van der Waals surface area (Å²) in [6, 6.07) is 8.98. The van der Waals surface area contributed by atoms with Crippen molar-refractivity contribution < 1.29 is 0 Å². The van der Waals surface area contributed by atoms with Gasteiger partial charge in [0.15, 0.2) is 0 Å². The van der Waals surface area contributed by atoms with Crippen molar-refractivity contribution in [2.75, 3.05) is 24.5 Å². The molecule has 108 valence electrons. The molecule has 0 aliphatic carbocycles. The molecule has 3 nitrogen and oxygen atoms in total. The second kappa shape index (κ2) is 6.76. The average molecular weight is 271 g/mol. The fraction of sp³-hybridized carbons (Fsp3) is 0.588. The third-order valence-corrected chi connectivity index (χ3v) is 4.12. The Hall–Kier alpha value is -1.53. The minimum absolute atomic E-state index is 0.416. The number of benzene rings is 1. The zero-order valence-corrected chi connectivity index (χ0v) is 12.8. The van der Waals surface area contributed by atoms with Gasteiger partial charge in [0.05, 0.1) is 11.3 Å². The van der Waals surface area contributed by atoms with Crippen LogP contribution in [0.25, 0.3) is 0 Å². The van der Waals surface area contributed by atoms with E-state index in [1.54, 1.807) is 0 Å². The zero-order chi connectivity index (χ0) is 14.5. The van der Waals surface area contributed by atoms with Crippen molar-refractivity contribution in [2.24, 2.45) is 5.92 Å². The lowest BCUT2D eigenvalue weighted by Crippen LogP contribution is -2.39. The van der Waals surface area contributed by atoms with Gasteiger partial charge in [-0.3, -0.25) is 0 Å². The first-order valence-corrected chi connectivity index (χ1v) is 7.60. The number of aryl methyl sites for hydroxylation is 1. The summed E-state index contributed by atoms with van der Waals surface area (Å²) in [7, 11) is 0. The van der Waals surface area contributed by atoms with E-state index in [9.17, 15) is 5.26 Å². The molecule has 1 aromatic carbocycles. The Balaban J connectivity index is 2.22. The second-order valence-corrected chi connectivity index (χ2v) is 6.07. The van der Waals surface area contributed by atoms with Crippen LogP contribution >= 0.6 is 0 Å². The molecule has 1 heterocycles. The summed E-state index contributed by atoms with van der Waals surface area (Å²) in [4.78, 5) is 2.40. The van der Waals surface area contributed by atoms with E-state index in [1.807, 2.05) is 13.0 Å². The zero-order valence-electron chi connectivity index (χ0n) is 12.8. The maximum absolute atomic E-state index is 9.39. The molecule has 20 heavy (non-hydrogen) atoms. The van der Waals surface area contributed by atoms with Gasteiger partial charge < -0.3 is 10.2 Å². The van der Waals surface area contributed by atoms with E-state index in [2.05, 4.69) is 42.3 Å². The van der Waals surface area contributed by atoms with Gasteiger partial charge in [-0.25, -0.2) is 0 Å². The summed E-state index contributed by atoms with van der Waals surface area (Å²) in [5, 5.41) is 12.8. The number of hydrogen-bond donors (Lipinski definition) is 1. The van der Waals surface area contributed by atoms with Crippen molar-refractivity contribution in [1.82, 2.24) is 5.32 Å². The maximum Gasteiger partial charge on any atom is 0.101 e. The summed E-state index contributed by atoms with van der Waals surface area (Å²) < 4.78 is 0. The van der Waals surface area contributed by atoms with Gasteiger partial charge in [0.2, 0.25) is 0 Å². The Morgan fingerprint density at radius 1 is 1.35 bits per heavy atom. The Morgan fingerprint density at radius 2 is 2.05 bits per heavy atom. The van der Waals surface area contributed by atoms with Crippen LogP contribution in [0.3, 0.4) is 0 Å². The number of nitrogens with zero attached hydrogens (tertiary/aromatic N) is 2. The highest BCUT2D eigenvalue weighted by atomic mass is 15.2. The van der Waals surface area contributed by atoms with E-state index in [1.165, 1.54) is 12.8 Å². The fourth-order valence-corrected chi connectivity index (χ4v) is 2.92. The molecule has 0 aromatic heterocycles. The van der Waals surface area contributed by atoms with Crippen LogP contribution in [0.5, 0.6) is 0 Å². The molecule has 1 N–H and O–H groups in total. The van der Waals surface area contributed by atoms with E-state index in [4.69, 9.17) is 0 Å². The average Bonchev–Trinajstić information content (AvgIpc) is 2.46. The van der Waals surface area contributed by atoms with Crippen LogP contribution in [0.1, 0.15) is 37.8 Å². The van der Waals surface area contributed by atoms with E-state index in [-0.39, 0.29) is 0 Å². The van der Waals surface area contributed by atoms with Crippen molar-refractivity contribution in [2.45, 2.75) is 39.7 Å². The van der Waals surface area contributed by atoms with E-state index < -0.39 is 0 Å². The third kappa shape index (κ3) is 3.52. The van der Waals surface area contributed by atoms with Gasteiger partial charge >= 0.3 is 0 Å². The molecule has 0 radical (unpaired) electrons. The molecule has 0 atom stereocenters. The minimum atomic E-state index is 0.416. The maximum atomic E-state index is 9.39. The summed E-state index contributed by atoms with van der Waals surface area (Å²) in [5.41, 5.74) is 3.04. The normalized spacial score (nSPS) is 16.1. The lowest BCUT2D eigenvalue weighted by Gasteiger charge is -2.35. The largest absolute Gasteiger partial charge is 0.368 e. The van der Waals surface area contributed by atoms with Crippen molar-refractivity contribution in [1.29, 1.82) is 5.26 Å². The number of nitriles is 1. The molecule has 0 bridgehead atoms. The molecular weight excluding hydrogens is 246 g/mol. The predicted molar refractivity (Wildman–Crippen MR) is 84.0 cm³/mol. The number of hydrogen-bond acceptors (Lipinski definition) is 3. The first kappa shape index (κ1) is 14.9. The standard InChI is InChI=1S/C17H25N3/c1-13(2)20(12-15-6-8-19-9-7-15)17-5-4-14(3)10-16(17)11-18/h4-5,10,13,15,19H,6-9,12H2,1-3H3. The van der Waals surface area contributed by atoms with Crippen LogP contribution in [0.15, 0.2) is 18.2 Å².